The van der Waals surface area contributed by atoms with Crippen molar-refractivity contribution in [3.05, 3.63) is 47.7 Å². The summed E-state index contributed by atoms with van der Waals surface area (Å²) in [4.78, 5) is 14.1. The van der Waals surface area contributed by atoms with Gasteiger partial charge in [-0.05, 0) is 30.9 Å². The molecule has 1 fully saturated rings. The molecule has 3 aromatic rings. The highest BCUT2D eigenvalue weighted by Crippen LogP contribution is 2.54. The van der Waals surface area contributed by atoms with Gasteiger partial charge >= 0.3 is 0 Å². The molecule has 1 aliphatic carbocycles. The molecule has 0 radical (unpaired) electrons. The molecule has 5 nitrogen and oxygen atoms in total. The molecule has 0 saturated heterocycles. The van der Waals surface area contributed by atoms with Gasteiger partial charge in [0.2, 0.25) is 0 Å². The molecule has 0 aliphatic heterocycles. The van der Waals surface area contributed by atoms with Crippen molar-refractivity contribution in [3.8, 4) is 0 Å². The van der Waals surface area contributed by atoms with E-state index in [0.717, 1.165) is 41.6 Å². The number of nitrogens with one attached hydrogen (secondary N) is 1. The maximum atomic E-state index is 4.87. The number of nitrogens with zero attached hydrogens (tertiary/aromatic N) is 4. The zero-order valence-electron chi connectivity index (χ0n) is 16.2. The standard InChI is InChI=1S/C21H27N5/c1-13-23-17(11-19(24-13)22-12-21(2,3)4)14-10-15(14)20-25-16-8-6-7-9-18(16)26(20)5/h6-9,11,14-15H,10,12H2,1-5H3,(H,22,23,24)/t14-,15-/m1/s1. The highest BCUT2D eigenvalue weighted by Gasteiger charge is 2.44. The van der Waals surface area contributed by atoms with Gasteiger partial charge in [-0.2, -0.15) is 0 Å². The van der Waals surface area contributed by atoms with E-state index in [1.807, 2.05) is 13.0 Å². The number of hydrogen-bond acceptors (Lipinski definition) is 4. The van der Waals surface area contributed by atoms with Crippen molar-refractivity contribution in [1.82, 2.24) is 19.5 Å². The van der Waals surface area contributed by atoms with Crippen LogP contribution in [0.3, 0.4) is 0 Å². The first-order valence-corrected chi connectivity index (χ1v) is 9.33. The van der Waals surface area contributed by atoms with Gasteiger partial charge in [-0.15, -0.1) is 0 Å². The molecule has 0 amide bonds. The van der Waals surface area contributed by atoms with E-state index in [0.29, 0.717) is 11.8 Å². The van der Waals surface area contributed by atoms with Crippen molar-refractivity contribution in [1.29, 1.82) is 0 Å². The van der Waals surface area contributed by atoms with Crippen LogP contribution in [0.5, 0.6) is 0 Å². The number of imidazole rings is 1. The Kier molecular flexibility index (Phi) is 3.98. The predicted molar refractivity (Wildman–Crippen MR) is 106 cm³/mol. The first-order chi connectivity index (χ1) is 12.3. The maximum absolute atomic E-state index is 4.87. The predicted octanol–water partition coefficient (Wildman–Crippen LogP) is 4.40. The summed E-state index contributed by atoms with van der Waals surface area (Å²) in [5.41, 5.74) is 3.61. The summed E-state index contributed by atoms with van der Waals surface area (Å²) in [5.74, 6) is 3.80. The van der Waals surface area contributed by atoms with Crippen LogP contribution in [0.15, 0.2) is 30.3 Å². The van der Waals surface area contributed by atoms with Crippen LogP contribution in [-0.4, -0.2) is 26.1 Å². The van der Waals surface area contributed by atoms with E-state index in [1.165, 1.54) is 5.52 Å². The number of rotatable bonds is 4. The van der Waals surface area contributed by atoms with Gasteiger partial charge in [-0.3, -0.25) is 0 Å². The molecule has 2 aromatic heterocycles. The average Bonchev–Trinajstić information content (AvgIpc) is 3.31. The Balaban J connectivity index is 1.57. The lowest BCUT2D eigenvalue weighted by Gasteiger charge is -2.19. The van der Waals surface area contributed by atoms with E-state index in [9.17, 15) is 0 Å². The molecule has 0 unspecified atom stereocenters. The molecule has 2 heterocycles. The Morgan fingerprint density at radius 1 is 1.12 bits per heavy atom. The Morgan fingerprint density at radius 2 is 1.88 bits per heavy atom. The number of hydrogen-bond donors (Lipinski definition) is 1. The number of anilines is 1. The van der Waals surface area contributed by atoms with E-state index in [-0.39, 0.29) is 5.41 Å². The van der Waals surface area contributed by atoms with Crippen LogP contribution >= 0.6 is 0 Å². The lowest BCUT2D eigenvalue weighted by molar-refractivity contribution is 0.442. The number of fused-ring (bicyclic) bond motifs is 1. The lowest BCUT2D eigenvalue weighted by atomic mass is 9.97. The molecule has 0 spiro atoms. The Hall–Kier alpha value is -2.43. The third kappa shape index (κ3) is 3.30. The summed E-state index contributed by atoms with van der Waals surface area (Å²) < 4.78 is 2.23. The molecule has 136 valence electrons. The molecule has 2 atom stereocenters. The number of para-hydroxylation sites is 2. The van der Waals surface area contributed by atoms with Crippen LogP contribution in [-0.2, 0) is 7.05 Å². The molecule has 1 aliphatic rings. The molecule has 0 bridgehead atoms. The van der Waals surface area contributed by atoms with Gasteiger partial charge in [0.15, 0.2) is 0 Å². The van der Waals surface area contributed by atoms with E-state index >= 15 is 0 Å². The highest BCUT2D eigenvalue weighted by molar-refractivity contribution is 5.76. The molecule has 1 saturated carbocycles. The Morgan fingerprint density at radius 3 is 2.62 bits per heavy atom. The SMILES string of the molecule is Cc1nc(NCC(C)(C)C)cc([C@@H]2C[C@H]2c2nc3ccccc3n2C)n1. The molecule has 1 N–H and O–H groups in total. The summed E-state index contributed by atoms with van der Waals surface area (Å²) in [6.45, 7) is 9.52. The van der Waals surface area contributed by atoms with Gasteiger partial charge in [-0.25, -0.2) is 15.0 Å². The molecule has 5 heteroatoms. The number of aryl methyl sites for hydroxylation is 2. The average molecular weight is 349 g/mol. The van der Waals surface area contributed by atoms with Crippen LogP contribution in [0.2, 0.25) is 0 Å². The highest BCUT2D eigenvalue weighted by atomic mass is 15.1. The second kappa shape index (κ2) is 6.08. The van der Waals surface area contributed by atoms with E-state index in [1.54, 1.807) is 0 Å². The second-order valence-electron chi connectivity index (χ2n) is 8.61. The fraction of sp³-hybridized carbons (Fsp3) is 0.476. The van der Waals surface area contributed by atoms with E-state index < -0.39 is 0 Å². The van der Waals surface area contributed by atoms with Crippen LogP contribution in [0.1, 0.15) is 56.4 Å². The number of aromatic nitrogens is 4. The van der Waals surface area contributed by atoms with Crippen molar-refractivity contribution in [2.75, 3.05) is 11.9 Å². The van der Waals surface area contributed by atoms with Crippen molar-refractivity contribution >= 4 is 16.9 Å². The first kappa shape index (κ1) is 17.0. The normalized spacial score (nSPS) is 19.7. The van der Waals surface area contributed by atoms with Gasteiger partial charge < -0.3 is 9.88 Å². The van der Waals surface area contributed by atoms with Crippen molar-refractivity contribution in [2.45, 2.75) is 46.0 Å². The fourth-order valence-corrected chi connectivity index (χ4v) is 3.53. The third-order valence-electron chi connectivity index (χ3n) is 4.98. The van der Waals surface area contributed by atoms with Crippen molar-refractivity contribution in [2.24, 2.45) is 12.5 Å². The van der Waals surface area contributed by atoms with Crippen LogP contribution in [0.4, 0.5) is 5.82 Å². The zero-order valence-corrected chi connectivity index (χ0v) is 16.2. The zero-order chi connectivity index (χ0) is 18.5. The smallest absolute Gasteiger partial charge is 0.129 e. The fourth-order valence-electron chi connectivity index (χ4n) is 3.53. The maximum Gasteiger partial charge on any atom is 0.129 e. The quantitative estimate of drug-likeness (QED) is 0.758. The van der Waals surface area contributed by atoms with E-state index in [2.05, 4.69) is 67.0 Å². The molecule has 26 heavy (non-hydrogen) atoms. The molecule has 1 aromatic carbocycles. The summed E-state index contributed by atoms with van der Waals surface area (Å²) in [6, 6.07) is 10.4. The second-order valence-corrected chi connectivity index (χ2v) is 8.61. The van der Waals surface area contributed by atoms with E-state index in [4.69, 9.17) is 9.97 Å². The summed E-state index contributed by atoms with van der Waals surface area (Å²) in [5, 5.41) is 3.46. The van der Waals surface area contributed by atoms with Crippen LogP contribution in [0.25, 0.3) is 11.0 Å². The topological polar surface area (TPSA) is 55.6 Å². The van der Waals surface area contributed by atoms with Crippen LogP contribution in [0, 0.1) is 12.3 Å². The minimum Gasteiger partial charge on any atom is -0.369 e. The van der Waals surface area contributed by atoms with Crippen molar-refractivity contribution in [3.63, 3.8) is 0 Å². The lowest BCUT2D eigenvalue weighted by Crippen LogP contribution is -2.20. The minimum absolute atomic E-state index is 0.216. The number of benzene rings is 1. The van der Waals surface area contributed by atoms with Gasteiger partial charge in [-0.1, -0.05) is 32.9 Å². The van der Waals surface area contributed by atoms with Gasteiger partial charge in [0.1, 0.15) is 17.5 Å². The van der Waals surface area contributed by atoms with Gasteiger partial charge in [0.05, 0.1) is 16.7 Å². The van der Waals surface area contributed by atoms with Crippen LogP contribution < -0.4 is 5.32 Å². The molecular formula is C21H27N5. The van der Waals surface area contributed by atoms with Crippen molar-refractivity contribution < 1.29 is 0 Å². The first-order valence-electron chi connectivity index (χ1n) is 9.33. The largest absolute Gasteiger partial charge is 0.369 e. The summed E-state index contributed by atoms with van der Waals surface area (Å²) >= 11 is 0. The third-order valence-corrected chi connectivity index (χ3v) is 4.98. The Bertz CT molecular complexity index is 951. The summed E-state index contributed by atoms with van der Waals surface area (Å²) in [6.07, 6.45) is 1.10. The van der Waals surface area contributed by atoms with Gasteiger partial charge in [0, 0.05) is 31.5 Å². The summed E-state index contributed by atoms with van der Waals surface area (Å²) in [7, 11) is 2.11. The monoisotopic (exact) mass is 349 g/mol. The Labute approximate surface area is 154 Å². The minimum atomic E-state index is 0.216. The van der Waals surface area contributed by atoms with Gasteiger partial charge in [0.25, 0.3) is 0 Å². The molecular weight excluding hydrogens is 322 g/mol. The molecule has 4 rings (SSSR count).